The van der Waals surface area contributed by atoms with Crippen LogP contribution in [0.4, 0.5) is 0 Å². The third-order valence-electron chi connectivity index (χ3n) is 0.701. The molecule has 0 aliphatic carbocycles. The van der Waals surface area contributed by atoms with E-state index in [1.54, 1.807) is 0 Å². The third kappa shape index (κ3) is 4.17. The lowest BCUT2D eigenvalue weighted by Crippen LogP contribution is -2.24. The van der Waals surface area contributed by atoms with Crippen LogP contribution in [-0.4, -0.2) is 23.4 Å². The van der Waals surface area contributed by atoms with E-state index >= 15 is 0 Å². The number of rotatable bonds is 3. The maximum absolute atomic E-state index is 10.3. The van der Waals surface area contributed by atoms with E-state index < -0.39 is 5.97 Å². The van der Waals surface area contributed by atoms with Crippen molar-refractivity contribution < 1.29 is 9.90 Å². The summed E-state index contributed by atoms with van der Waals surface area (Å²) in [5.41, 5.74) is 0. The number of carboxylic acids is 1. The van der Waals surface area contributed by atoms with Crippen LogP contribution in [0.1, 0.15) is 0 Å². The maximum Gasteiger partial charge on any atom is 0.317 e. The predicted octanol–water partition coefficient (Wildman–Crippen LogP) is 2.11. The van der Waals surface area contributed by atoms with E-state index in [-0.39, 0.29) is 7.85 Å². The molecule has 2 unspecified atom stereocenters. The molecule has 0 aromatic carbocycles. The fourth-order valence-electron chi connectivity index (χ4n) is 0.233. The van der Waals surface area contributed by atoms with Crippen LogP contribution in [0.25, 0.3) is 0 Å². The number of carbonyl (C=O) groups is 1. The summed E-state index contributed by atoms with van der Waals surface area (Å²) in [7, 11) is 0. The number of hydrogen-bond acceptors (Lipinski definition) is 1. The standard InChI is InChI=1S/C4H5I3O2/c5-1-2(6)3(7)4(8)9/h2-3H,1H2,(H,8,9). The number of halogens is 3. The van der Waals surface area contributed by atoms with Crippen molar-refractivity contribution in [3.05, 3.63) is 0 Å². The van der Waals surface area contributed by atoms with Crippen LogP contribution in [0, 0.1) is 0 Å². The van der Waals surface area contributed by atoms with E-state index in [9.17, 15) is 4.79 Å². The molecule has 0 saturated heterocycles. The zero-order chi connectivity index (χ0) is 7.44. The molecule has 0 fully saturated rings. The Kier molecular flexibility index (Phi) is 6.31. The van der Waals surface area contributed by atoms with Crippen molar-refractivity contribution in [2.24, 2.45) is 0 Å². The minimum absolute atomic E-state index is 0.237. The van der Waals surface area contributed by atoms with Crippen molar-refractivity contribution in [3.63, 3.8) is 0 Å². The van der Waals surface area contributed by atoms with Crippen molar-refractivity contribution in [1.29, 1.82) is 0 Å². The van der Waals surface area contributed by atoms with E-state index in [1.807, 2.05) is 22.6 Å². The first-order valence-electron chi connectivity index (χ1n) is 2.16. The van der Waals surface area contributed by atoms with E-state index in [1.165, 1.54) is 0 Å². The van der Waals surface area contributed by atoms with Gasteiger partial charge in [0.25, 0.3) is 0 Å². The zero-order valence-corrected chi connectivity index (χ0v) is 10.8. The molecule has 0 aromatic rings. The second kappa shape index (κ2) is 5.33. The van der Waals surface area contributed by atoms with Gasteiger partial charge in [-0.15, -0.1) is 0 Å². The van der Waals surface area contributed by atoms with Gasteiger partial charge in [0.05, 0.1) is 0 Å². The summed E-state index contributed by atoms with van der Waals surface area (Å²) in [4.78, 5) is 10.3. The van der Waals surface area contributed by atoms with Crippen LogP contribution >= 0.6 is 67.8 Å². The highest BCUT2D eigenvalue weighted by atomic mass is 127. The van der Waals surface area contributed by atoms with Crippen LogP contribution in [0.5, 0.6) is 0 Å². The van der Waals surface area contributed by atoms with Crippen molar-refractivity contribution in [3.8, 4) is 0 Å². The molecule has 2 atom stereocenters. The first kappa shape index (κ1) is 10.7. The Labute approximate surface area is 94.6 Å². The Morgan fingerprint density at radius 1 is 1.56 bits per heavy atom. The van der Waals surface area contributed by atoms with Gasteiger partial charge in [0.1, 0.15) is 3.92 Å². The number of aliphatic carboxylic acids is 1. The molecule has 54 valence electrons. The van der Waals surface area contributed by atoms with Crippen LogP contribution < -0.4 is 0 Å². The molecule has 2 nitrogen and oxygen atoms in total. The highest BCUT2D eigenvalue weighted by Gasteiger charge is 2.20. The summed E-state index contributed by atoms with van der Waals surface area (Å²) in [6, 6.07) is 0. The van der Waals surface area contributed by atoms with Gasteiger partial charge >= 0.3 is 5.97 Å². The third-order valence-corrected chi connectivity index (χ3v) is 7.27. The molecule has 1 N–H and O–H groups in total. The van der Waals surface area contributed by atoms with Crippen molar-refractivity contribution in [2.75, 3.05) is 4.43 Å². The van der Waals surface area contributed by atoms with Gasteiger partial charge in [-0.3, -0.25) is 4.79 Å². The summed E-state index contributed by atoms with van der Waals surface area (Å²) in [6.07, 6.45) is 0. The number of alkyl halides is 3. The molecular formula is C4H5I3O2. The van der Waals surface area contributed by atoms with Crippen molar-refractivity contribution in [1.82, 2.24) is 0 Å². The minimum atomic E-state index is -0.716. The minimum Gasteiger partial charge on any atom is -0.480 e. The molecular weight excluding hydrogens is 461 g/mol. The Morgan fingerprint density at radius 3 is 2.11 bits per heavy atom. The van der Waals surface area contributed by atoms with Gasteiger partial charge in [0.15, 0.2) is 0 Å². The summed E-state index contributed by atoms with van der Waals surface area (Å²) < 4.78 is 0.875. The van der Waals surface area contributed by atoms with Gasteiger partial charge in [-0.05, 0) is 0 Å². The van der Waals surface area contributed by atoms with E-state index in [4.69, 9.17) is 5.11 Å². The topological polar surface area (TPSA) is 37.3 Å². The first-order valence-corrected chi connectivity index (χ1v) is 6.18. The molecule has 0 heterocycles. The second-order valence-electron chi connectivity index (χ2n) is 1.41. The van der Waals surface area contributed by atoms with E-state index in [2.05, 4.69) is 45.2 Å². The maximum atomic E-state index is 10.3. The highest BCUT2D eigenvalue weighted by Crippen LogP contribution is 2.17. The lowest BCUT2D eigenvalue weighted by molar-refractivity contribution is -0.135. The largest absolute Gasteiger partial charge is 0.480 e. The lowest BCUT2D eigenvalue weighted by Gasteiger charge is -2.07. The fraction of sp³-hybridized carbons (Fsp3) is 0.750. The Morgan fingerprint density at radius 2 is 2.00 bits per heavy atom. The summed E-state index contributed by atoms with van der Waals surface area (Å²) in [5, 5.41) is 8.47. The monoisotopic (exact) mass is 466 g/mol. The van der Waals surface area contributed by atoms with Gasteiger partial charge in [0.2, 0.25) is 0 Å². The van der Waals surface area contributed by atoms with Gasteiger partial charge in [-0.25, -0.2) is 0 Å². The normalized spacial score (nSPS) is 16.8. The predicted molar refractivity (Wildman–Crippen MR) is 62.1 cm³/mol. The molecule has 5 heteroatoms. The quantitative estimate of drug-likeness (QED) is 0.512. The molecule has 0 aromatic heterocycles. The van der Waals surface area contributed by atoms with Crippen molar-refractivity contribution >= 4 is 73.7 Å². The van der Waals surface area contributed by atoms with Crippen molar-refractivity contribution in [2.45, 2.75) is 7.85 Å². The first-order chi connectivity index (χ1) is 4.09. The highest BCUT2D eigenvalue weighted by molar-refractivity contribution is 14.1. The molecule has 0 rings (SSSR count). The zero-order valence-electron chi connectivity index (χ0n) is 4.35. The van der Waals surface area contributed by atoms with Crippen LogP contribution in [0.15, 0.2) is 0 Å². The smallest absolute Gasteiger partial charge is 0.317 e. The molecule has 0 saturated carbocycles. The average Bonchev–Trinajstić information content (AvgIpc) is 1.84. The average molecular weight is 466 g/mol. The van der Waals surface area contributed by atoms with E-state index in [0.29, 0.717) is 0 Å². The number of hydrogen-bond donors (Lipinski definition) is 1. The van der Waals surface area contributed by atoms with Gasteiger partial charge < -0.3 is 5.11 Å². The molecule has 0 amide bonds. The van der Waals surface area contributed by atoms with Gasteiger partial charge in [-0.1, -0.05) is 67.8 Å². The van der Waals surface area contributed by atoms with Gasteiger partial charge in [0, 0.05) is 8.35 Å². The SMILES string of the molecule is O=C(O)C(I)C(I)CI. The Bertz CT molecular complexity index is 106. The second-order valence-corrected chi connectivity index (χ2v) is 5.23. The lowest BCUT2D eigenvalue weighted by atomic mass is 10.3. The fourth-order valence-corrected chi connectivity index (χ4v) is 2.28. The summed E-state index contributed by atoms with van der Waals surface area (Å²) in [6.45, 7) is 0. The van der Waals surface area contributed by atoms with Gasteiger partial charge in [-0.2, -0.15) is 0 Å². The molecule has 0 radical (unpaired) electrons. The molecule has 0 aliphatic rings. The van der Waals surface area contributed by atoms with Crippen LogP contribution in [0.3, 0.4) is 0 Å². The Balaban J connectivity index is 3.72. The Hall–Kier alpha value is 1.66. The molecule has 0 aliphatic heterocycles. The molecule has 9 heavy (non-hydrogen) atoms. The summed E-state index contributed by atoms with van der Waals surface area (Å²) >= 11 is 6.28. The summed E-state index contributed by atoms with van der Waals surface area (Å²) in [5.74, 6) is -0.716. The number of carboxylic acid groups (broad SMARTS) is 1. The van der Waals surface area contributed by atoms with E-state index in [0.717, 1.165) is 4.43 Å². The molecule has 0 spiro atoms. The van der Waals surface area contributed by atoms with Crippen LogP contribution in [0.2, 0.25) is 0 Å². The van der Waals surface area contributed by atoms with Crippen LogP contribution in [-0.2, 0) is 4.79 Å². The molecule has 0 bridgehead atoms.